The average Bonchev–Trinajstić information content (AvgIpc) is 2.78. The average molecular weight is 397 g/mol. The van der Waals surface area contributed by atoms with E-state index < -0.39 is 29.7 Å². The van der Waals surface area contributed by atoms with Crippen LogP contribution in [-0.4, -0.2) is 66.4 Å². The van der Waals surface area contributed by atoms with Crippen molar-refractivity contribution in [1.29, 1.82) is 0 Å². The summed E-state index contributed by atoms with van der Waals surface area (Å²) in [6.07, 6.45) is 0.400. The van der Waals surface area contributed by atoms with E-state index in [-0.39, 0.29) is 36.8 Å². The minimum absolute atomic E-state index is 0.0000334. The van der Waals surface area contributed by atoms with Crippen LogP contribution in [0.15, 0.2) is 18.2 Å². The van der Waals surface area contributed by atoms with Gasteiger partial charge in [0.05, 0.1) is 7.11 Å². The number of hydrogen-bond acceptors (Lipinski definition) is 5. The van der Waals surface area contributed by atoms with Gasteiger partial charge in [0.1, 0.15) is 24.2 Å². The zero-order chi connectivity index (χ0) is 20.8. The molecule has 0 saturated carbocycles. The Balaban J connectivity index is 2.00. The number of carbonyl (C=O) groups is 3. The molecule has 28 heavy (non-hydrogen) atoms. The van der Waals surface area contributed by atoms with E-state index in [1.54, 1.807) is 6.92 Å². The Morgan fingerprint density at radius 3 is 2.71 bits per heavy atom. The molecule has 2 atom stereocenters. The summed E-state index contributed by atoms with van der Waals surface area (Å²) >= 11 is 0. The summed E-state index contributed by atoms with van der Waals surface area (Å²) in [4.78, 5) is 39.5. The number of esters is 1. The van der Waals surface area contributed by atoms with Gasteiger partial charge in [-0.05, 0) is 43.5 Å². The molecule has 0 spiro atoms. The van der Waals surface area contributed by atoms with Crippen molar-refractivity contribution in [3.63, 3.8) is 0 Å². The van der Waals surface area contributed by atoms with Crippen LogP contribution in [0.5, 0.6) is 0 Å². The summed E-state index contributed by atoms with van der Waals surface area (Å²) < 4.78 is 31.6. The number of carbonyl (C=O) groups excluding carboxylic acids is 3. The minimum atomic E-state index is -0.752. The summed E-state index contributed by atoms with van der Waals surface area (Å²) in [7, 11) is 1.24. The molecule has 1 aromatic rings. The van der Waals surface area contributed by atoms with E-state index in [1.807, 2.05) is 0 Å². The highest BCUT2D eigenvalue weighted by atomic mass is 19.1. The van der Waals surface area contributed by atoms with Crippen LogP contribution in [0.3, 0.4) is 0 Å². The number of methoxy groups -OCH3 is 1. The van der Waals surface area contributed by atoms with E-state index in [0.29, 0.717) is 19.5 Å². The minimum Gasteiger partial charge on any atom is -0.468 e. The molecule has 0 aromatic heterocycles. The van der Waals surface area contributed by atoms with Crippen LogP contribution in [0.1, 0.15) is 25.3 Å². The van der Waals surface area contributed by atoms with Crippen molar-refractivity contribution in [2.75, 3.05) is 26.7 Å². The SMILES string of the molecule is COC(=O)CN1CCCN(C(=O)C[C@H](N)Cc2cc(F)ccc2F)[C@H](C)C1=O. The summed E-state index contributed by atoms with van der Waals surface area (Å²) in [5.41, 5.74) is 6.07. The standard InChI is InChI=1S/C19H25F2N3O4/c1-12-19(27)23(11-18(26)28-2)6-3-7-24(12)17(25)10-15(22)9-13-8-14(20)4-5-16(13)21/h4-5,8,12,15H,3,6-7,9-11,22H2,1-2H3/t12-,15-/m1/s1. The number of nitrogens with two attached hydrogens (primary N) is 1. The van der Waals surface area contributed by atoms with E-state index in [2.05, 4.69) is 4.74 Å². The van der Waals surface area contributed by atoms with Gasteiger partial charge in [-0.3, -0.25) is 14.4 Å². The topological polar surface area (TPSA) is 92.9 Å². The Bertz CT molecular complexity index is 744. The highest BCUT2D eigenvalue weighted by Gasteiger charge is 2.33. The highest BCUT2D eigenvalue weighted by molar-refractivity contribution is 5.90. The molecule has 2 N–H and O–H groups in total. The smallest absolute Gasteiger partial charge is 0.325 e. The van der Waals surface area contributed by atoms with E-state index in [0.717, 1.165) is 18.2 Å². The van der Waals surface area contributed by atoms with Gasteiger partial charge in [-0.1, -0.05) is 0 Å². The van der Waals surface area contributed by atoms with Gasteiger partial charge < -0.3 is 20.3 Å². The van der Waals surface area contributed by atoms with Gasteiger partial charge in [-0.25, -0.2) is 8.78 Å². The second kappa shape index (κ2) is 9.59. The molecule has 7 nitrogen and oxygen atoms in total. The van der Waals surface area contributed by atoms with E-state index in [9.17, 15) is 23.2 Å². The molecule has 1 aromatic carbocycles. The van der Waals surface area contributed by atoms with Crippen molar-refractivity contribution in [3.8, 4) is 0 Å². The van der Waals surface area contributed by atoms with Crippen molar-refractivity contribution >= 4 is 17.8 Å². The summed E-state index contributed by atoms with van der Waals surface area (Å²) in [6.45, 7) is 2.10. The maximum atomic E-state index is 13.8. The second-order valence-electron chi connectivity index (χ2n) is 6.86. The molecule has 2 rings (SSSR count). The molecule has 1 aliphatic heterocycles. The number of benzene rings is 1. The van der Waals surface area contributed by atoms with E-state index in [1.165, 1.54) is 16.9 Å². The van der Waals surface area contributed by atoms with Crippen LogP contribution < -0.4 is 5.73 Å². The molecule has 2 amide bonds. The van der Waals surface area contributed by atoms with Crippen molar-refractivity contribution in [1.82, 2.24) is 9.80 Å². The molecule has 1 fully saturated rings. The van der Waals surface area contributed by atoms with E-state index >= 15 is 0 Å². The lowest BCUT2D eigenvalue weighted by Crippen LogP contribution is -2.48. The predicted octanol–water partition coefficient (Wildman–Crippen LogP) is 0.847. The van der Waals surface area contributed by atoms with Crippen LogP contribution in [0.25, 0.3) is 0 Å². The molecule has 0 bridgehead atoms. The van der Waals surface area contributed by atoms with Crippen LogP contribution >= 0.6 is 0 Å². The molecule has 154 valence electrons. The van der Waals surface area contributed by atoms with Crippen molar-refractivity contribution in [2.45, 2.75) is 38.3 Å². The number of nitrogens with zero attached hydrogens (tertiary/aromatic N) is 2. The van der Waals surface area contributed by atoms with Gasteiger partial charge in [0.2, 0.25) is 11.8 Å². The van der Waals surface area contributed by atoms with Gasteiger partial charge in [0.25, 0.3) is 0 Å². The molecule has 1 saturated heterocycles. The zero-order valence-corrected chi connectivity index (χ0v) is 16.0. The fourth-order valence-electron chi connectivity index (χ4n) is 3.25. The molecule has 1 aliphatic rings. The zero-order valence-electron chi connectivity index (χ0n) is 16.0. The third-order valence-electron chi connectivity index (χ3n) is 4.76. The first-order chi connectivity index (χ1) is 13.2. The van der Waals surface area contributed by atoms with Gasteiger partial charge >= 0.3 is 5.97 Å². The second-order valence-corrected chi connectivity index (χ2v) is 6.86. The molecular formula is C19H25F2N3O4. The Morgan fingerprint density at radius 1 is 1.32 bits per heavy atom. The van der Waals surface area contributed by atoms with Crippen LogP contribution in [0, 0.1) is 11.6 Å². The Kier molecular flexibility index (Phi) is 7.45. The molecule has 1 heterocycles. The first kappa shape index (κ1) is 21.7. The van der Waals surface area contributed by atoms with Gasteiger partial charge in [0, 0.05) is 25.6 Å². The first-order valence-corrected chi connectivity index (χ1v) is 9.07. The predicted molar refractivity (Wildman–Crippen MR) is 97.0 cm³/mol. The van der Waals surface area contributed by atoms with Crippen LogP contribution in [-0.2, 0) is 25.5 Å². The normalized spacial score (nSPS) is 18.6. The molecule has 0 aliphatic carbocycles. The molecule has 0 unspecified atom stereocenters. The summed E-state index contributed by atoms with van der Waals surface area (Å²) in [5, 5.41) is 0. The van der Waals surface area contributed by atoms with Gasteiger partial charge in [-0.15, -0.1) is 0 Å². The lowest BCUT2D eigenvalue weighted by molar-refractivity contribution is -0.149. The highest BCUT2D eigenvalue weighted by Crippen LogP contribution is 2.16. The fraction of sp³-hybridized carbons (Fsp3) is 0.526. The number of hydrogen-bond donors (Lipinski definition) is 1. The lowest BCUT2D eigenvalue weighted by Gasteiger charge is -2.28. The maximum absolute atomic E-state index is 13.8. The summed E-state index contributed by atoms with van der Waals surface area (Å²) in [6, 6.07) is 1.62. The van der Waals surface area contributed by atoms with Crippen molar-refractivity contribution < 1.29 is 27.9 Å². The maximum Gasteiger partial charge on any atom is 0.325 e. The Morgan fingerprint density at radius 2 is 2.04 bits per heavy atom. The third-order valence-corrected chi connectivity index (χ3v) is 4.76. The Hall–Kier alpha value is -2.55. The Labute approximate surface area is 162 Å². The summed E-state index contributed by atoms with van der Waals surface area (Å²) in [5.74, 6) is -2.38. The number of halogens is 2. The first-order valence-electron chi connectivity index (χ1n) is 9.07. The van der Waals surface area contributed by atoms with Crippen LogP contribution in [0.2, 0.25) is 0 Å². The monoisotopic (exact) mass is 397 g/mol. The molecular weight excluding hydrogens is 372 g/mol. The lowest BCUT2D eigenvalue weighted by atomic mass is 10.0. The number of rotatable bonds is 6. The van der Waals surface area contributed by atoms with E-state index in [4.69, 9.17) is 5.73 Å². The van der Waals surface area contributed by atoms with Crippen molar-refractivity contribution in [3.05, 3.63) is 35.4 Å². The van der Waals surface area contributed by atoms with Gasteiger partial charge in [-0.2, -0.15) is 0 Å². The molecule has 0 radical (unpaired) electrons. The van der Waals surface area contributed by atoms with Crippen molar-refractivity contribution in [2.24, 2.45) is 5.73 Å². The molecule has 9 heteroatoms. The fourth-order valence-corrected chi connectivity index (χ4v) is 3.25. The number of ether oxygens (including phenoxy) is 1. The third kappa shape index (κ3) is 5.48. The van der Waals surface area contributed by atoms with Gasteiger partial charge in [0.15, 0.2) is 0 Å². The number of amides is 2. The van der Waals surface area contributed by atoms with Crippen LogP contribution in [0.4, 0.5) is 8.78 Å². The largest absolute Gasteiger partial charge is 0.468 e. The quantitative estimate of drug-likeness (QED) is 0.719.